The molecule has 1 aromatic rings. The molecule has 0 spiro atoms. The Labute approximate surface area is 85.8 Å². The minimum Gasteiger partial charge on any atom is -0.391 e. The Morgan fingerprint density at radius 2 is 1.79 bits per heavy atom. The molecule has 0 radical (unpaired) electrons. The fraction of sp³-hybridized carbons (Fsp3) is 0.500. The van der Waals surface area contributed by atoms with Crippen molar-refractivity contribution in [1.82, 2.24) is 0 Å². The Kier molecular flexibility index (Phi) is 4.63. The van der Waals surface area contributed by atoms with Gasteiger partial charge in [-0.05, 0) is 24.0 Å². The van der Waals surface area contributed by atoms with Gasteiger partial charge in [0, 0.05) is 6.54 Å². The molecule has 0 amide bonds. The summed E-state index contributed by atoms with van der Waals surface area (Å²) < 4.78 is 0. The first-order chi connectivity index (χ1) is 6.76. The zero-order valence-electron chi connectivity index (χ0n) is 8.74. The molecule has 0 fully saturated rings. The van der Waals surface area contributed by atoms with Crippen molar-refractivity contribution >= 4 is 0 Å². The summed E-state index contributed by atoms with van der Waals surface area (Å²) >= 11 is 0. The summed E-state index contributed by atoms with van der Waals surface area (Å²) in [6.07, 6.45) is 2.54. The quantitative estimate of drug-likeness (QED) is 0.744. The summed E-state index contributed by atoms with van der Waals surface area (Å²) in [5.74, 6) is 0. The number of aliphatic hydroxyl groups is 1. The molecule has 0 saturated carbocycles. The number of nitrogens with two attached hydrogens (primary N) is 1. The monoisotopic (exact) mass is 193 g/mol. The highest BCUT2D eigenvalue weighted by molar-refractivity contribution is 5.23. The average Bonchev–Trinajstić information content (AvgIpc) is 2.21. The van der Waals surface area contributed by atoms with Crippen molar-refractivity contribution in [3.63, 3.8) is 0 Å². The molecule has 0 saturated heterocycles. The number of aryl methyl sites for hydroxylation is 1. The van der Waals surface area contributed by atoms with E-state index in [4.69, 9.17) is 5.73 Å². The lowest BCUT2D eigenvalue weighted by Crippen LogP contribution is -2.21. The van der Waals surface area contributed by atoms with Crippen LogP contribution in [-0.2, 0) is 12.8 Å². The zero-order valence-corrected chi connectivity index (χ0v) is 8.74. The number of aliphatic hydroxyl groups excluding tert-OH is 1. The van der Waals surface area contributed by atoms with Gasteiger partial charge in [0.25, 0.3) is 0 Å². The Morgan fingerprint density at radius 3 is 2.29 bits per heavy atom. The van der Waals surface area contributed by atoms with Crippen LogP contribution in [0.15, 0.2) is 24.3 Å². The molecule has 2 nitrogen and oxygen atoms in total. The summed E-state index contributed by atoms with van der Waals surface area (Å²) in [7, 11) is 0. The molecule has 1 atom stereocenters. The Hall–Kier alpha value is -0.860. The molecule has 0 aliphatic carbocycles. The van der Waals surface area contributed by atoms with Gasteiger partial charge < -0.3 is 10.8 Å². The van der Waals surface area contributed by atoms with E-state index >= 15 is 0 Å². The summed E-state index contributed by atoms with van der Waals surface area (Å²) in [4.78, 5) is 0. The van der Waals surface area contributed by atoms with Gasteiger partial charge in [0.2, 0.25) is 0 Å². The van der Waals surface area contributed by atoms with Gasteiger partial charge in [-0.3, -0.25) is 0 Å². The van der Waals surface area contributed by atoms with Crippen LogP contribution in [0.3, 0.4) is 0 Å². The maximum atomic E-state index is 9.36. The highest BCUT2D eigenvalue weighted by atomic mass is 16.3. The second-order valence-electron chi connectivity index (χ2n) is 3.66. The van der Waals surface area contributed by atoms with E-state index in [9.17, 15) is 5.11 Å². The molecule has 78 valence electrons. The van der Waals surface area contributed by atoms with Gasteiger partial charge in [-0.15, -0.1) is 0 Å². The van der Waals surface area contributed by atoms with Crippen LogP contribution < -0.4 is 5.73 Å². The van der Waals surface area contributed by atoms with Crippen LogP contribution in [0.1, 0.15) is 24.5 Å². The molecule has 2 heteroatoms. The molecule has 0 aliphatic heterocycles. The third kappa shape index (κ3) is 3.48. The molecule has 0 heterocycles. The van der Waals surface area contributed by atoms with Crippen LogP contribution in [0.5, 0.6) is 0 Å². The number of rotatable bonds is 5. The molecule has 1 rings (SSSR count). The van der Waals surface area contributed by atoms with E-state index in [0.29, 0.717) is 13.0 Å². The van der Waals surface area contributed by atoms with Crippen LogP contribution >= 0.6 is 0 Å². The first-order valence-corrected chi connectivity index (χ1v) is 5.22. The second-order valence-corrected chi connectivity index (χ2v) is 3.66. The van der Waals surface area contributed by atoms with E-state index in [1.165, 1.54) is 12.0 Å². The van der Waals surface area contributed by atoms with E-state index in [1.54, 1.807) is 0 Å². The average molecular weight is 193 g/mol. The minimum atomic E-state index is -0.410. The normalized spacial score (nSPS) is 12.8. The van der Waals surface area contributed by atoms with E-state index < -0.39 is 6.10 Å². The van der Waals surface area contributed by atoms with Crippen LogP contribution in [0.25, 0.3) is 0 Å². The van der Waals surface area contributed by atoms with Gasteiger partial charge >= 0.3 is 0 Å². The molecular weight excluding hydrogens is 174 g/mol. The molecule has 0 aromatic heterocycles. The topological polar surface area (TPSA) is 46.2 Å². The molecule has 0 aliphatic rings. The largest absolute Gasteiger partial charge is 0.391 e. The summed E-state index contributed by atoms with van der Waals surface area (Å²) in [5.41, 5.74) is 7.86. The van der Waals surface area contributed by atoms with E-state index in [1.807, 2.05) is 0 Å². The fourth-order valence-corrected chi connectivity index (χ4v) is 1.49. The van der Waals surface area contributed by atoms with Gasteiger partial charge in [-0.1, -0.05) is 37.6 Å². The summed E-state index contributed by atoms with van der Waals surface area (Å²) in [6, 6.07) is 8.40. The van der Waals surface area contributed by atoms with Gasteiger partial charge in [-0.25, -0.2) is 0 Å². The zero-order chi connectivity index (χ0) is 10.4. The van der Waals surface area contributed by atoms with Crippen LogP contribution in [0.4, 0.5) is 0 Å². The highest BCUT2D eigenvalue weighted by Gasteiger charge is 2.02. The molecule has 1 aromatic carbocycles. The molecule has 1 unspecified atom stereocenters. The van der Waals surface area contributed by atoms with Crippen molar-refractivity contribution in [3.8, 4) is 0 Å². The van der Waals surface area contributed by atoms with E-state index in [-0.39, 0.29) is 0 Å². The third-order valence-electron chi connectivity index (χ3n) is 2.31. The highest BCUT2D eigenvalue weighted by Crippen LogP contribution is 2.08. The van der Waals surface area contributed by atoms with E-state index in [0.717, 1.165) is 12.0 Å². The first kappa shape index (κ1) is 11.2. The van der Waals surface area contributed by atoms with Crippen molar-refractivity contribution in [1.29, 1.82) is 0 Å². The lowest BCUT2D eigenvalue weighted by atomic mass is 10.0. The third-order valence-corrected chi connectivity index (χ3v) is 2.31. The Balaban J connectivity index is 2.54. The predicted molar refractivity (Wildman–Crippen MR) is 59.2 cm³/mol. The maximum Gasteiger partial charge on any atom is 0.0702 e. The summed E-state index contributed by atoms with van der Waals surface area (Å²) in [5, 5.41) is 9.36. The minimum absolute atomic E-state index is 0.330. The van der Waals surface area contributed by atoms with Crippen LogP contribution in [-0.4, -0.2) is 17.8 Å². The van der Waals surface area contributed by atoms with E-state index in [2.05, 4.69) is 31.2 Å². The number of hydrogen-bond donors (Lipinski definition) is 2. The number of benzene rings is 1. The van der Waals surface area contributed by atoms with Crippen molar-refractivity contribution < 1.29 is 5.11 Å². The molecular formula is C12H19NO. The smallest absolute Gasteiger partial charge is 0.0702 e. The first-order valence-electron chi connectivity index (χ1n) is 5.22. The van der Waals surface area contributed by atoms with Crippen molar-refractivity contribution in [2.24, 2.45) is 5.73 Å². The maximum absolute atomic E-state index is 9.36. The second kappa shape index (κ2) is 5.78. The molecule has 14 heavy (non-hydrogen) atoms. The molecule has 3 N–H and O–H groups in total. The Bertz CT molecular complexity index is 256. The van der Waals surface area contributed by atoms with Crippen molar-refractivity contribution in [2.75, 3.05) is 6.54 Å². The fourth-order valence-electron chi connectivity index (χ4n) is 1.49. The van der Waals surface area contributed by atoms with Crippen LogP contribution in [0, 0.1) is 0 Å². The van der Waals surface area contributed by atoms with Gasteiger partial charge in [-0.2, -0.15) is 0 Å². The lowest BCUT2D eigenvalue weighted by Gasteiger charge is -2.07. The SMILES string of the molecule is CCCc1ccc(CC(O)CN)cc1. The predicted octanol–water partition coefficient (Wildman–Crippen LogP) is 1.50. The van der Waals surface area contributed by atoms with Crippen LogP contribution in [0.2, 0.25) is 0 Å². The summed E-state index contributed by atoms with van der Waals surface area (Å²) in [6.45, 7) is 2.50. The van der Waals surface area contributed by atoms with Gasteiger partial charge in [0.1, 0.15) is 0 Å². The Morgan fingerprint density at radius 1 is 1.21 bits per heavy atom. The van der Waals surface area contributed by atoms with Gasteiger partial charge in [0.05, 0.1) is 6.10 Å². The lowest BCUT2D eigenvalue weighted by molar-refractivity contribution is 0.183. The van der Waals surface area contributed by atoms with Crippen molar-refractivity contribution in [3.05, 3.63) is 35.4 Å². The molecule has 0 bridgehead atoms. The van der Waals surface area contributed by atoms with Gasteiger partial charge in [0.15, 0.2) is 0 Å². The van der Waals surface area contributed by atoms with Crippen molar-refractivity contribution in [2.45, 2.75) is 32.3 Å². The standard InChI is InChI=1S/C12H19NO/c1-2-3-10-4-6-11(7-5-10)8-12(14)9-13/h4-7,12,14H,2-3,8-9,13H2,1H3. The number of hydrogen-bond acceptors (Lipinski definition) is 2.